The molecule has 1 aromatic heterocycles. The number of nitrogens with one attached hydrogen (secondary N) is 1. The average Bonchev–Trinajstić information content (AvgIpc) is 3.20. The average molecular weight is 392 g/mol. The second-order valence-electron chi connectivity index (χ2n) is 6.85. The molecule has 1 atom stereocenters. The van der Waals surface area contributed by atoms with Crippen molar-refractivity contribution in [3.8, 4) is 0 Å². The summed E-state index contributed by atoms with van der Waals surface area (Å²) in [6.07, 6.45) is 0.697. The molecule has 2 heterocycles. The number of rotatable bonds is 6. The Morgan fingerprint density at radius 1 is 1.18 bits per heavy atom. The van der Waals surface area contributed by atoms with Gasteiger partial charge in [0.05, 0.1) is 11.7 Å². The van der Waals surface area contributed by atoms with Crippen molar-refractivity contribution >= 4 is 29.1 Å². The molecule has 1 aliphatic rings. The smallest absolute Gasteiger partial charge is 0.231 e. The number of hydrogen-bond donors (Lipinski definition) is 1. The summed E-state index contributed by atoms with van der Waals surface area (Å²) in [6.45, 7) is 1.85. The Balaban J connectivity index is 1.43. The summed E-state index contributed by atoms with van der Waals surface area (Å²) in [4.78, 5) is 24.4. The van der Waals surface area contributed by atoms with Gasteiger partial charge in [-0.15, -0.1) is 10.2 Å². The highest BCUT2D eigenvalue weighted by atomic mass is 32.2. The van der Waals surface area contributed by atoms with Crippen LogP contribution in [-0.2, 0) is 18.3 Å². The maximum absolute atomic E-state index is 12.6. The summed E-state index contributed by atoms with van der Waals surface area (Å²) >= 11 is 1.37. The van der Waals surface area contributed by atoms with E-state index in [-0.39, 0.29) is 23.4 Å². The molecule has 0 saturated heterocycles. The van der Waals surface area contributed by atoms with Crippen molar-refractivity contribution < 1.29 is 9.59 Å². The molecule has 0 bridgehead atoms. The van der Waals surface area contributed by atoms with Crippen LogP contribution in [0.3, 0.4) is 0 Å². The highest BCUT2D eigenvalue weighted by Crippen LogP contribution is 2.33. The van der Waals surface area contributed by atoms with Crippen LogP contribution in [0.2, 0.25) is 0 Å². The number of ketones is 1. The molecule has 3 aromatic rings. The molecule has 1 amide bonds. The molecule has 0 saturated carbocycles. The van der Waals surface area contributed by atoms with E-state index in [1.54, 1.807) is 12.1 Å². The van der Waals surface area contributed by atoms with Crippen LogP contribution in [0.1, 0.15) is 40.2 Å². The van der Waals surface area contributed by atoms with Gasteiger partial charge in [0.15, 0.2) is 10.9 Å². The number of anilines is 1. The van der Waals surface area contributed by atoms with Crippen LogP contribution < -0.4 is 5.32 Å². The van der Waals surface area contributed by atoms with E-state index in [0.717, 1.165) is 17.1 Å². The van der Waals surface area contributed by atoms with Crippen molar-refractivity contribution in [1.82, 2.24) is 14.8 Å². The largest absolute Gasteiger partial charge is 0.325 e. The molecule has 6 nitrogen and oxygen atoms in total. The van der Waals surface area contributed by atoms with Gasteiger partial charge < -0.3 is 9.88 Å². The maximum atomic E-state index is 12.6. The SMILES string of the molecule is C[C@H]1C(=O)Nc2ccc(C(=O)CSc3nnc(Cc4ccccc4)n3C)cc21. The number of benzene rings is 2. The number of hydrogen-bond acceptors (Lipinski definition) is 5. The number of thioether (sulfide) groups is 1. The fraction of sp³-hybridized carbons (Fsp3) is 0.238. The first-order chi connectivity index (χ1) is 13.5. The molecule has 1 N–H and O–H groups in total. The fourth-order valence-electron chi connectivity index (χ4n) is 3.21. The quantitative estimate of drug-likeness (QED) is 0.514. The maximum Gasteiger partial charge on any atom is 0.231 e. The van der Waals surface area contributed by atoms with Gasteiger partial charge in [-0.3, -0.25) is 9.59 Å². The minimum Gasteiger partial charge on any atom is -0.325 e. The number of amides is 1. The van der Waals surface area contributed by atoms with Gasteiger partial charge >= 0.3 is 0 Å². The number of Topliss-reactive ketones (excluding diaryl/α,β-unsaturated/α-hetero) is 1. The van der Waals surface area contributed by atoms with Crippen molar-refractivity contribution in [1.29, 1.82) is 0 Å². The Bertz CT molecular complexity index is 1050. The van der Waals surface area contributed by atoms with E-state index in [1.807, 2.05) is 42.8 Å². The zero-order valence-electron chi connectivity index (χ0n) is 15.7. The zero-order valence-corrected chi connectivity index (χ0v) is 16.5. The summed E-state index contributed by atoms with van der Waals surface area (Å²) in [7, 11) is 1.92. The normalized spacial score (nSPS) is 15.4. The third kappa shape index (κ3) is 3.57. The van der Waals surface area contributed by atoms with Crippen molar-refractivity contribution in [2.45, 2.75) is 24.4 Å². The van der Waals surface area contributed by atoms with Crippen LogP contribution >= 0.6 is 11.8 Å². The van der Waals surface area contributed by atoms with Crippen LogP contribution in [0, 0.1) is 0 Å². The van der Waals surface area contributed by atoms with Crippen molar-refractivity contribution in [3.63, 3.8) is 0 Å². The molecule has 0 spiro atoms. The number of aromatic nitrogens is 3. The Kier molecular flexibility index (Phi) is 5.00. The van der Waals surface area contributed by atoms with Crippen LogP contribution in [0.5, 0.6) is 0 Å². The predicted octanol–water partition coefficient (Wildman–Crippen LogP) is 3.44. The number of carbonyl (C=O) groups is 2. The summed E-state index contributed by atoms with van der Waals surface area (Å²) < 4.78 is 1.93. The van der Waals surface area contributed by atoms with E-state index >= 15 is 0 Å². The van der Waals surface area contributed by atoms with Crippen molar-refractivity contribution in [3.05, 3.63) is 71.0 Å². The molecular weight excluding hydrogens is 372 g/mol. The van der Waals surface area contributed by atoms with Crippen molar-refractivity contribution in [2.75, 3.05) is 11.1 Å². The van der Waals surface area contributed by atoms with E-state index in [4.69, 9.17) is 0 Å². The topological polar surface area (TPSA) is 76.9 Å². The number of carbonyl (C=O) groups excluding carboxylic acids is 2. The Morgan fingerprint density at radius 2 is 1.96 bits per heavy atom. The van der Waals surface area contributed by atoms with E-state index in [2.05, 4.69) is 27.6 Å². The van der Waals surface area contributed by atoms with E-state index in [1.165, 1.54) is 17.3 Å². The molecule has 0 radical (unpaired) electrons. The molecule has 2 aromatic carbocycles. The van der Waals surface area contributed by atoms with Crippen LogP contribution in [0.15, 0.2) is 53.7 Å². The molecule has 7 heteroatoms. The first-order valence-corrected chi connectivity index (χ1v) is 10.0. The van der Waals surface area contributed by atoms with Crippen LogP contribution in [-0.4, -0.2) is 32.2 Å². The second-order valence-corrected chi connectivity index (χ2v) is 7.79. The Hall–Kier alpha value is -2.93. The third-order valence-corrected chi connectivity index (χ3v) is 5.97. The summed E-state index contributed by atoms with van der Waals surface area (Å²) in [5.41, 5.74) is 3.45. The summed E-state index contributed by atoms with van der Waals surface area (Å²) in [5, 5.41) is 12.0. The second kappa shape index (κ2) is 7.59. The summed E-state index contributed by atoms with van der Waals surface area (Å²) in [6, 6.07) is 15.5. The lowest BCUT2D eigenvalue weighted by Crippen LogP contribution is -2.08. The summed E-state index contributed by atoms with van der Waals surface area (Å²) in [5.74, 6) is 0.879. The van der Waals surface area contributed by atoms with E-state index in [9.17, 15) is 9.59 Å². The molecule has 0 aliphatic carbocycles. The molecule has 4 rings (SSSR count). The van der Waals surface area contributed by atoms with Gasteiger partial charge in [-0.1, -0.05) is 42.1 Å². The highest BCUT2D eigenvalue weighted by Gasteiger charge is 2.27. The lowest BCUT2D eigenvalue weighted by Gasteiger charge is -2.06. The highest BCUT2D eigenvalue weighted by molar-refractivity contribution is 7.99. The number of fused-ring (bicyclic) bond motifs is 1. The minimum atomic E-state index is -0.227. The van der Waals surface area contributed by atoms with Crippen LogP contribution in [0.4, 0.5) is 5.69 Å². The van der Waals surface area contributed by atoms with E-state index in [0.29, 0.717) is 17.1 Å². The van der Waals surface area contributed by atoms with Crippen molar-refractivity contribution in [2.24, 2.45) is 7.05 Å². The zero-order chi connectivity index (χ0) is 19.7. The standard InChI is InChI=1S/C21H20N4O2S/c1-13-16-11-15(8-9-17(16)22-20(13)27)18(26)12-28-21-24-23-19(25(21)2)10-14-6-4-3-5-7-14/h3-9,11,13H,10,12H2,1-2H3,(H,22,27)/t13-/m1/s1. The monoisotopic (exact) mass is 392 g/mol. The molecule has 1 aliphatic heterocycles. The third-order valence-electron chi connectivity index (χ3n) is 4.95. The Labute approximate surface area is 167 Å². The van der Waals surface area contributed by atoms with Gasteiger partial charge in [-0.05, 0) is 36.2 Å². The first-order valence-electron chi connectivity index (χ1n) is 9.06. The lowest BCUT2D eigenvalue weighted by molar-refractivity contribution is -0.116. The van der Waals surface area contributed by atoms with Gasteiger partial charge in [0.25, 0.3) is 0 Å². The first kappa shape index (κ1) is 18.4. The molecule has 0 unspecified atom stereocenters. The van der Waals surface area contributed by atoms with Gasteiger partial charge in [0.1, 0.15) is 5.82 Å². The predicted molar refractivity (Wildman–Crippen MR) is 109 cm³/mol. The number of nitrogens with zero attached hydrogens (tertiary/aromatic N) is 3. The lowest BCUT2D eigenvalue weighted by atomic mass is 9.99. The molecule has 142 valence electrons. The molecule has 28 heavy (non-hydrogen) atoms. The molecule has 0 fully saturated rings. The minimum absolute atomic E-state index is 0.00644. The van der Waals surface area contributed by atoms with Gasteiger partial charge in [0.2, 0.25) is 5.91 Å². The van der Waals surface area contributed by atoms with Gasteiger partial charge in [0, 0.05) is 24.7 Å². The van der Waals surface area contributed by atoms with Crippen LogP contribution in [0.25, 0.3) is 0 Å². The van der Waals surface area contributed by atoms with Gasteiger partial charge in [-0.2, -0.15) is 0 Å². The Morgan fingerprint density at radius 3 is 2.75 bits per heavy atom. The molecular formula is C21H20N4O2S. The van der Waals surface area contributed by atoms with Gasteiger partial charge in [-0.25, -0.2) is 0 Å². The fourth-order valence-corrected chi connectivity index (χ4v) is 4.03. The van der Waals surface area contributed by atoms with E-state index < -0.39 is 0 Å².